The SMILES string of the molecule is CC(=O)N1CCN(c2nsnc2NCCSCc2ccc(CCN(C)C)o2)CC1. The van der Waals surface area contributed by atoms with Gasteiger partial charge in [-0.2, -0.15) is 20.5 Å². The van der Waals surface area contributed by atoms with Gasteiger partial charge in [0.05, 0.1) is 17.5 Å². The van der Waals surface area contributed by atoms with Gasteiger partial charge >= 0.3 is 0 Å². The van der Waals surface area contributed by atoms with Gasteiger partial charge in [-0.1, -0.05) is 0 Å². The van der Waals surface area contributed by atoms with Crippen LogP contribution in [0.15, 0.2) is 16.5 Å². The normalized spacial score (nSPS) is 14.6. The Balaban J connectivity index is 1.37. The molecular weight excluding hydrogens is 408 g/mol. The van der Waals surface area contributed by atoms with Gasteiger partial charge in [-0.3, -0.25) is 4.79 Å². The minimum absolute atomic E-state index is 0.137. The first-order valence-corrected chi connectivity index (χ1v) is 11.8. The molecule has 2 aromatic rings. The largest absolute Gasteiger partial charge is 0.465 e. The van der Waals surface area contributed by atoms with Crippen LogP contribution < -0.4 is 10.2 Å². The minimum Gasteiger partial charge on any atom is -0.465 e. The Labute approximate surface area is 180 Å². The zero-order chi connectivity index (χ0) is 20.6. The Bertz CT molecular complexity index is 770. The molecule has 0 spiro atoms. The van der Waals surface area contributed by atoms with Crippen molar-refractivity contribution in [2.24, 2.45) is 0 Å². The maximum atomic E-state index is 11.5. The highest BCUT2D eigenvalue weighted by Crippen LogP contribution is 2.24. The quantitative estimate of drug-likeness (QED) is 0.566. The number of rotatable bonds is 10. The van der Waals surface area contributed by atoms with E-state index in [9.17, 15) is 4.79 Å². The molecule has 2 aromatic heterocycles. The number of aromatic nitrogens is 2. The summed E-state index contributed by atoms with van der Waals surface area (Å²) in [5.41, 5.74) is 0. The lowest BCUT2D eigenvalue weighted by Crippen LogP contribution is -2.48. The summed E-state index contributed by atoms with van der Waals surface area (Å²) in [7, 11) is 4.14. The zero-order valence-electron chi connectivity index (χ0n) is 17.4. The number of piperazine rings is 1. The van der Waals surface area contributed by atoms with Crippen molar-refractivity contribution >= 4 is 41.0 Å². The number of amides is 1. The standard InChI is InChI=1S/C19H30N6O2S2/c1-15(26)24-9-11-25(12-10-24)19-18(21-29-22-19)20-7-13-28-14-17-5-4-16(27-17)6-8-23(2)3/h4-5H,6-14H2,1-3H3,(H,20,21). The van der Waals surface area contributed by atoms with Crippen LogP contribution >= 0.6 is 23.5 Å². The number of carbonyl (C=O) groups excluding carboxylic acids is 1. The molecule has 160 valence electrons. The summed E-state index contributed by atoms with van der Waals surface area (Å²) in [6, 6.07) is 4.16. The lowest BCUT2D eigenvalue weighted by Gasteiger charge is -2.34. The third-order valence-electron chi connectivity index (χ3n) is 4.80. The average molecular weight is 439 g/mol. The summed E-state index contributed by atoms with van der Waals surface area (Å²) in [6.07, 6.45) is 0.944. The molecule has 0 bridgehead atoms. The summed E-state index contributed by atoms with van der Waals surface area (Å²) in [4.78, 5) is 17.7. The Morgan fingerprint density at radius 3 is 2.72 bits per heavy atom. The van der Waals surface area contributed by atoms with Crippen molar-refractivity contribution in [3.63, 3.8) is 0 Å². The van der Waals surface area contributed by atoms with Crippen molar-refractivity contribution in [3.8, 4) is 0 Å². The van der Waals surface area contributed by atoms with Crippen LogP contribution in [-0.4, -0.2) is 83.6 Å². The first-order chi connectivity index (χ1) is 14.0. The molecule has 1 fully saturated rings. The van der Waals surface area contributed by atoms with E-state index in [-0.39, 0.29) is 5.91 Å². The van der Waals surface area contributed by atoms with Gasteiger partial charge in [0.1, 0.15) is 11.5 Å². The van der Waals surface area contributed by atoms with Crippen molar-refractivity contribution in [2.75, 3.05) is 69.3 Å². The van der Waals surface area contributed by atoms with Gasteiger partial charge in [0, 0.05) is 58.4 Å². The van der Waals surface area contributed by atoms with Crippen molar-refractivity contribution in [1.82, 2.24) is 18.5 Å². The molecule has 29 heavy (non-hydrogen) atoms. The summed E-state index contributed by atoms with van der Waals surface area (Å²) < 4.78 is 14.7. The molecule has 3 rings (SSSR count). The highest BCUT2D eigenvalue weighted by atomic mass is 32.2. The summed E-state index contributed by atoms with van der Waals surface area (Å²) in [5, 5.41) is 3.41. The van der Waals surface area contributed by atoms with Crippen LogP contribution in [0.1, 0.15) is 18.4 Å². The number of thioether (sulfide) groups is 1. The monoisotopic (exact) mass is 438 g/mol. The molecule has 1 aliphatic rings. The molecule has 1 N–H and O–H groups in total. The molecule has 0 atom stereocenters. The van der Waals surface area contributed by atoms with E-state index < -0.39 is 0 Å². The van der Waals surface area contributed by atoms with Gasteiger partial charge in [0.2, 0.25) is 5.91 Å². The molecule has 0 radical (unpaired) electrons. The maximum absolute atomic E-state index is 11.5. The number of nitrogens with zero attached hydrogens (tertiary/aromatic N) is 5. The van der Waals surface area contributed by atoms with Crippen LogP contribution in [0.2, 0.25) is 0 Å². The van der Waals surface area contributed by atoms with Crippen LogP contribution in [0, 0.1) is 0 Å². The smallest absolute Gasteiger partial charge is 0.219 e. The molecule has 1 amide bonds. The van der Waals surface area contributed by atoms with E-state index in [0.29, 0.717) is 0 Å². The van der Waals surface area contributed by atoms with E-state index >= 15 is 0 Å². The fourth-order valence-electron chi connectivity index (χ4n) is 3.12. The fourth-order valence-corrected chi connectivity index (χ4v) is 4.41. The average Bonchev–Trinajstić information content (AvgIpc) is 3.35. The number of carbonyl (C=O) groups is 1. The fraction of sp³-hybridized carbons (Fsp3) is 0.632. The Morgan fingerprint density at radius 2 is 2.00 bits per heavy atom. The molecular formula is C19H30N6O2S2. The predicted molar refractivity (Wildman–Crippen MR) is 120 cm³/mol. The van der Waals surface area contributed by atoms with Crippen LogP contribution in [0.3, 0.4) is 0 Å². The second-order valence-corrected chi connectivity index (χ2v) is 8.96. The topological polar surface area (TPSA) is 77.7 Å². The third-order valence-corrected chi connectivity index (χ3v) is 6.30. The minimum atomic E-state index is 0.137. The number of anilines is 2. The Kier molecular flexibility index (Phi) is 8.19. The highest BCUT2D eigenvalue weighted by Gasteiger charge is 2.22. The van der Waals surface area contributed by atoms with Crippen molar-refractivity contribution in [3.05, 3.63) is 23.7 Å². The van der Waals surface area contributed by atoms with Crippen molar-refractivity contribution < 1.29 is 9.21 Å². The molecule has 8 nitrogen and oxygen atoms in total. The first kappa shape index (κ1) is 21.9. The van der Waals surface area contributed by atoms with Crippen LogP contribution in [-0.2, 0) is 17.0 Å². The van der Waals surface area contributed by atoms with Gasteiger partial charge in [-0.15, -0.1) is 0 Å². The van der Waals surface area contributed by atoms with Gasteiger partial charge in [-0.25, -0.2) is 0 Å². The van der Waals surface area contributed by atoms with E-state index in [1.807, 2.05) is 16.7 Å². The number of hydrogen-bond acceptors (Lipinski definition) is 9. The third kappa shape index (κ3) is 6.61. The molecule has 3 heterocycles. The van der Waals surface area contributed by atoms with Crippen LogP contribution in [0.4, 0.5) is 11.6 Å². The van der Waals surface area contributed by atoms with Crippen LogP contribution in [0.25, 0.3) is 0 Å². The molecule has 1 aliphatic heterocycles. The number of hydrogen-bond donors (Lipinski definition) is 1. The molecule has 10 heteroatoms. The van der Waals surface area contributed by atoms with E-state index in [1.54, 1.807) is 6.92 Å². The lowest BCUT2D eigenvalue weighted by molar-refractivity contribution is -0.129. The molecule has 0 aromatic carbocycles. The zero-order valence-corrected chi connectivity index (χ0v) is 19.0. The number of furan rings is 1. The Hall–Kier alpha value is -1.78. The summed E-state index contributed by atoms with van der Waals surface area (Å²) in [5.74, 6) is 5.80. The summed E-state index contributed by atoms with van der Waals surface area (Å²) >= 11 is 3.07. The van der Waals surface area contributed by atoms with Crippen molar-refractivity contribution in [1.29, 1.82) is 0 Å². The molecule has 1 saturated heterocycles. The van der Waals surface area contributed by atoms with Gasteiger partial charge in [0.25, 0.3) is 0 Å². The number of likely N-dealkylation sites (N-methyl/N-ethyl adjacent to an activating group) is 1. The van der Waals surface area contributed by atoms with Gasteiger partial charge in [-0.05, 0) is 26.2 Å². The Morgan fingerprint density at radius 1 is 1.24 bits per heavy atom. The van der Waals surface area contributed by atoms with E-state index in [2.05, 4.69) is 50.1 Å². The van der Waals surface area contributed by atoms with Gasteiger partial charge < -0.3 is 24.4 Å². The van der Waals surface area contributed by atoms with E-state index in [4.69, 9.17) is 4.42 Å². The molecule has 0 saturated carbocycles. The highest BCUT2D eigenvalue weighted by molar-refractivity contribution is 7.98. The number of nitrogens with one attached hydrogen (secondary N) is 1. The second-order valence-electron chi connectivity index (χ2n) is 7.33. The lowest BCUT2D eigenvalue weighted by atomic mass is 10.3. The van der Waals surface area contributed by atoms with Crippen molar-refractivity contribution in [2.45, 2.75) is 19.1 Å². The maximum Gasteiger partial charge on any atom is 0.219 e. The molecule has 0 unspecified atom stereocenters. The first-order valence-electron chi connectivity index (χ1n) is 9.90. The van der Waals surface area contributed by atoms with E-state index in [0.717, 1.165) is 80.4 Å². The predicted octanol–water partition coefficient (Wildman–Crippen LogP) is 2.25. The van der Waals surface area contributed by atoms with E-state index in [1.165, 1.54) is 11.7 Å². The van der Waals surface area contributed by atoms with Crippen LogP contribution in [0.5, 0.6) is 0 Å². The summed E-state index contributed by atoms with van der Waals surface area (Å²) in [6.45, 7) is 6.51. The second kappa shape index (κ2) is 10.8. The molecule has 0 aliphatic carbocycles. The van der Waals surface area contributed by atoms with Gasteiger partial charge in [0.15, 0.2) is 11.6 Å².